The second-order valence-corrected chi connectivity index (χ2v) is 4.83. The van der Waals surface area contributed by atoms with Gasteiger partial charge in [0, 0.05) is 11.9 Å². The van der Waals surface area contributed by atoms with Gasteiger partial charge in [0.1, 0.15) is 0 Å². The lowest BCUT2D eigenvalue weighted by atomic mass is 9.95. The zero-order valence-corrected chi connectivity index (χ0v) is 10.1. The summed E-state index contributed by atoms with van der Waals surface area (Å²) in [6, 6.07) is 14.0. The third-order valence-electron chi connectivity index (χ3n) is 3.61. The predicted molar refractivity (Wildman–Crippen MR) is 70.0 cm³/mol. The fraction of sp³-hybridized carbons (Fsp3) is 0.267. The molecule has 0 unspecified atom stereocenters. The van der Waals surface area contributed by atoms with E-state index in [2.05, 4.69) is 10.3 Å². The molecule has 1 aromatic heterocycles. The lowest BCUT2D eigenvalue weighted by Crippen LogP contribution is -2.34. The maximum atomic E-state index is 12.3. The molecule has 3 heteroatoms. The second-order valence-electron chi connectivity index (χ2n) is 4.83. The van der Waals surface area contributed by atoms with Crippen molar-refractivity contribution in [2.45, 2.75) is 24.8 Å². The molecule has 1 aliphatic rings. The Kier molecular flexibility index (Phi) is 2.67. The van der Waals surface area contributed by atoms with Crippen LogP contribution in [0, 0.1) is 0 Å². The van der Waals surface area contributed by atoms with Crippen LogP contribution in [0.25, 0.3) is 0 Å². The van der Waals surface area contributed by atoms with Gasteiger partial charge in [0.15, 0.2) is 0 Å². The summed E-state index contributed by atoms with van der Waals surface area (Å²) in [5.41, 5.74) is 1.90. The smallest absolute Gasteiger partial charge is 0.230 e. The Labute approximate surface area is 106 Å². The summed E-state index contributed by atoms with van der Waals surface area (Å²) in [6.45, 7) is 0.570. The van der Waals surface area contributed by atoms with Crippen molar-refractivity contribution in [3.63, 3.8) is 0 Å². The zero-order valence-electron chi connectivity index (χ0n) is 10.1. The van der Waals surface area contributed by atoms with Gasteiger partial charge in [-0.05, 0) is 30.5 Å². The molecule has 0 bridgehead atoms. The SMILES string of the molecule is O=C(NCc1ccc[nH]1)C1(c2ccccc2)CC1. The number of carbonyl (C=O) groups is 1. The Morgan fingerprint density at radius 1 is 1.17 bits per heavy atom. The molecule has 0 radical (unpaired) electrons. The van der Waals surface area contributed by atoms with Crippen molar-refractivity contribution in [2.24, 2.45) is 0 Å². The minimum Gasteiger partial charge on any atom is -0.364 e. The molecule has 0 aliphatic heterocycles. The Hall–Kier alpha value is -2.03. The lowest BCUT2D eigenvalue weighted by molar-refractivity contribution is -0.123. The normalized spacial score (nSPS) is 16.2. The van der Waals surface area contributed by atoms with Crippen molar-refractivity contribution in [1.29, 1.82) is 0 Å². The first-order valence-electron chi connectivity index (χ1n) is 6.27. The fourth-order valence-corrected chi connectivity index (χ4v) is 2.35. The number of nitrogens with one attached hydrogen (secondary N) is 2. The van der Waals surface area contributed by atoms with Crippen molar-refractivity contribution >= 4 is 5.91 Å². The van der Waals surface area contributed by atoms with E-state index < -0.39 is 0 Å². The molecule has 92 valence electrons. The van der Waals surface area contributed by atoms with Crippen LogP contribution in [0.2, 0.25) is 0 Å². The van der Waals surface area contributed by atoms with Crippen molar-refractivity contribution in [3.8, 4) is 0 Å². The second kappa shape index (κ2) is 4.33. The number of hydrogen-bond acceptors (Lipinski definition) is 1. The van der Waals surface area contributed by atoms with Crippen LogP contribution in [-0.4, -0.2) is 10.9 Å². The van der Waals surface area contributed by atoms with Crippen LogP contribution in [0.4, 0.5) is 0 Å². The van der Waals surface area contributed by atoms with Crippen molar-refractivity contribution in [3.05, 3.63) is 59.9 Å². The van der Waals surface area contributed by atoms with Gasteiger partial charge in [0.25, 0.3) is 0 Å². The van der Waals surface area contributed by atoms with Gasteiger partial charge in [-0.1, -0.05) is 30.3 Å². The van der Waals surface area contributed by atoms with Crippen LogP contribution in [0.3, 0.4) is 0 Å². The highest BCUT2D eigenvalue weighted by atomic mass is 16.2. The molecule has 1 fully saturated rings. The standard InChI is InChI=1S/C15H16N2O/c18-14(17-11-13-7-4-10-16-13)15(8-9-15)12-5-2-1-3-6-12/h1-7,10,16H,8-9,11H2,(H,17,18). The van der Waals surface area contributed by atoms with Gasteiger partial charge in [-0.2, -0.15) is 0 Å². The van der Waals surface area contributed by atoms with Crippen LogP contribution >= 0.6 is 0 Å². The number of aromatic nitrogens is 1. The third kappa shape index (κ3) is 1.92. The first kappa shape index (κ1) is 11.1. The highest BCUT2D eigenvalue weighted by Crippen LogP contribution is 2.48. The Morgan fingerprint density at radius 3 is 2.56 bits per heavy atom. The fourth-order valence-electron chi connectivity index (χ4n) is 2.35. The average Bonchev–Trinajstić information content (AvgIpc) is 3.07. The summed E-state index contributed by atoms with van der Waals surface area (Å²) in [5.74, 6) is 0.142. The van der Waals surface area contributed by atoms with Gasteiger partial charge in [0.05, 0.1) is 12.0 Å². The van der Waals surface area contributed by atoms with Gasteiger partial charge >= 0.3 is 0 Å². The maximum absolute atomic E-state index is 12.3. The molecule has 1 aliphatic carbocycles. The number of rotatable bonds is 4. The van der Waals surface area contributed by atoms with Crippen molar-refractivity contribution in [2.75, 3.05) is 0 Å². The first-order chi connectivity index (χ1) is 8.81. The van der Waals surface area contributed by atoms with Gasteiger partial charge < -0.3 is 10.3 Å². The molecular weight excluding hydrogens is 224 g/mol. The highest BCUT2D eigenvalue weighted by Gasteiger charge is 2.50. The van der Waals surface area contributed by atoms with Crippen LogP contribution < -0.4 is 5.32 Å². The Balaban J connectivity index is 1.69. The molecule has 2 N–H and O–H groups in total. The number of hydrogen-bond donors (Lipinski definition) is 2. The number of carbonyl (C=O) groups excluding carboxylic acids is 1. The van der Waals surface area contributed by atoms with Crippen LogP contribution in [0.1, 0.15) is 24.1 Å². The number of aromatic amines is 1. The summed E-state index contributed by atoms with van der Waals surface area (Å²) in [6.07, 6.45) is 3.77. The number of benzene rings is 1. The van der Waals surface area contributed by atoms with E-state index in [1.807, 2.05) is 48.7 Å². The molecule has 0 spiro atoms. The topological polar surface area (TPSA) is 44.9 Å². The van der Waals surface area contributed by atoms with Crippen LogP contribution in [-0.2, 0) is 16.8 Å². The van der Waals surface area contributed by atoms with E-state index in [0.29, 0.717) is 6.54 Å². The van der Waals surface area contributed by atoms with Crippen LogP contribution in [0.15, 0.2) is 48.7 Å². The van der Waals surface area contributed by atoms with E-state index in [0.717, 1.165) is 24.1 Å². The van der Waals surface area contributed by atoms with Gasteiger partial charge in [-0.3, -0.25) is 4.79 Å². The molecule has 1 amide bonds. The summed E-state index contributed by atoms with van der Waals surface area (Å²) in [4.78, 5) is 15.4. The van der Waals surface area contributed by atoms with Crippen LogP contribution in [0.5, 0.6) is 0 Å². The molecule has 3 rings (SSSR count). The van der Waals surface area contributed by atoms with E-state index in [1.165, 1.54) is 0 Å². The molecule has 2 aromatic rings. The molecule has 1 aromatic carbocycles. The molecule has 0 saturated heterocycles. The lowest BCUT2D eigenvalue weighted by Gasteiger charge is -2.15. The highest BCUT2D eigenvalue weighted by molar-refractivity contribution is 5.91. The van der Waals surface area contributed by atoms with E-state index >= 15 is 0 Å². The molecular formula is C15H16N2O. The van der Waals surface area contributed by atoms with Gasteiger partial charge in [0.2, 0.25) is 5.91 Å². The van der Waals surface area contributed by atoms with Crippen molar-refractivity contribution in [1.82, 2.24) is 10.3 Å². The minimum absolute atomic E-state index is 0.142. The first-order valence-corrected chi connectivity index (χ1v) is 6.27. The molecule has 0 atom stereocenters. The Morgan fingerprint density at radius 2 is 1.94 bits per heavy atom. The molecule has 1 heterocycles. The number of H-pyrrole nitrogens is 1. The molecule has 1 saturated carbocycles. The Bertz CT molecular complexity index is 527. The van der Waals surface area contributed by atoms with Gasteiger partial charge in [-0.15, -0.1) is 0 Å². The predicted octanol–water partition coefficient (Wildman–Crippen LogP) is 2.36. The summed E-state index contributed by atoms with van der Waals surface area (Å²) in [5, 5.41) is 3.02. The average molecular weight is 240 g/mol. The largest absolute Gasteiger partial charge is 0.364 e. The number of amides is 1. The van der Waals surface area contributed by atoms with Crippen molar-refractivity contribution < 1.29 is 4.79 Å². The summed E-state index contributed by atoms with van der Waals surface area (Å²) < 4.78 is 0. The molecule has 18 heavy (non-hydrogen) atoms. The monoisotopic (exact) mass is 240 g/mol. The van der Waals surface area contributed by atoms with E-state index in [4.69, 9.17) is 0 Å². The van der Waals surface area contributed by atoms with E-state index in [1.54, 1.807) is 0 Å². The minimum atomic E-state index is -0.270. The van der Waals surface area contributed by atoms with E-state index in [-0.39, 0.29) is 11.3 Å². The zero-order chi connectivity index (χ0) is 12.4. The molecule has 3 nitrogen and oxygen atoms in total. The summed E-state index contributed by atoms with van der Waals surface area (Å²) in [7, 11) is 0. The summed E-state index contributed by atoms with van der Waals surface area (Å²) >= 11 is 0. The maximum Gasteiger partial charge on any atom is 0.230 e. The van der Waals surface area contributed by atoms with Gasteiger partial charge in [-0.25, -0.2) is 0 Å². The third-order valence-corrected chi connectivity index (χ3v) is 3.61. The quantitative estimate of drug-likeness (QED) is 0.846. The van der Waals surface area contributed by atoms with E-state index in [9.17, 15) is 4.79 Å².